The normalized spacial score (nSPS) is 10.2. The minimum Gasteiger partial charge on any atom is -0.381 e. The van der Waals surface area contributed by atoms with Crippen LogP contribution in [0.4, 0.5) is 10.1 Å². The van der Waals surface area contributed by atoms with Crippen LogP contribution in [0.15, 0.2) is 46.9 Å². The van der Waals surface area contributed by atoms with Gasteiger partial charge >= 0.3 is 0 Å². The quantitative estimate of drug-likeness (QED) is 0.857. The number of hydrogen-bond donors (Lipinski definition) is 2. The molecule has 5 heteroatoms. The Morgan fingerprint density at radius 3 is 2.52 bits per heavy atom. The third-order valence-corrected chi connectivity index (χ3v) is 3.61. The Bertz CT molecular complexity index is 629. The van der Waals surface area contributed by atoms with E-state index in [1.54, 1.807) is 18.2 Å². The highest BCUT2D eigenvalue weighted by Crippen LogP contribution is 2.17. The lowest BCUT2D eigenvalue weighted by Crippen LogP contribution is -2.22. The molecule has 0 aliphatic carbocycles. The number of rotatable bonds is 5. The molecule has 110 valence electrons. The molecule has 0 bridgehead atoms. The van der Waals surface area contributed by atoms with E-state index in [0.29, 0.717) is 23.1 Å². The van der Waals surface area contributed by atoms with E-state index in [-0.39, 0.29) is 11.7 Å². The van der Waals surface area contributed by atoms with Crippen LogP contribution in [0.5, 0.6) is 0 Å². The maximum atomic E-state index is 13.4. The first-order valence-electron chi connectivity index (χ1n) is 6.66. The van der Waals surface area contributed by atoms with Crippen LogP contribution < -0.4 is 10.6 Å². The van der Waals surface area contributed by atoms with Crippen LogP contribution in [0.2, 0.25) is 0 Å². The Kier molecular flexibility index (Phi) is 5.33. The third-order valence-electron chi connectivity index (χ3n) is 2.97. The molecule has 2 N–H and O–H groups in total. The van der Waals surface area contributed by atoms with Crippen LogP contribution >= 0.6 is 15.9 Å². The molecule has 2 rings (SSSR count). The van der Waals surface area contributed by atoms with Crippen LogP contribution in [-0.2, 0) is 6.54 Å². The van der Waals surface area contributed by atoms with Crippen molar-refractivity contribution in [2.45, 2.75) is 13.5 Å². The van der Waals surface area contributed by atoms with E-state index in [0.717, 1.165) is 11.3 Å². The molecule has 0 heterocycles. The van der Waals surface area contributed by atoms with Gasteiger partial charge in [-0.2, -0.15) is 0 Å². The van der Waals surface area contributed by atoms with E-state index in [2.05, 4.69) is 26.6 Å². The fourth-order valence-corrected chi connectivity index (χ4v) is 2.10. The zero-order chi connectivity index (χ0) is 15.2. The molecule has 0 radical (unpaired) electrons. The molecule has 0 saturated heterocycles. The summed E-state index contributed by atoms with van der Waals surface area (Å²) in [6.45, 7) is 3.00. The molecule has 0 aromatic heterocycles. The Hall–Kier alpha value is -1.88. The van der Waals surface area contributed by atoms with Crippen molar-refractivity contribution in [1.82, 2.24) is 5.32 Å². The summed E-state index contributed by atoms with van der Waals surface area (Å²) < 4.78 is 13.9. The number of nitrogens with one attached hydrogen (secondary N) is 2. The number of carbonyl (C=O) groups excluding carboxylic acids is 1. The molecule has 0 aliphatic heterocycles. The molecule has 3 nitrogen and oxygen atoms in total. The molecule has 1 amide bonds. The zero-order valence-electron chi connectivity index (χ0n) is 11.6. The fourth-order valence-electron chi connectivity index (χ4n) is 1.86. The molecular weight excluding hydrogens is 335 g/mol. The first-order chi connectivity index (χ1) is 10.1. The van der Waals surface area contributed by atoms with Crippen molar-refractivity contribution in [3.63, 3.8) is 0 Å². The average Bonchev–Trinajstić information content (AvgIpc) is 2.49. The van der Waals surface area contributed by atoms with Crippen LogP contribution in [0.1, 0.15) is 22.8 Å². The SMILES string of the molecule is CCNC(=O)c1ccc(NCc2ccc(Br)c(F)c2)cc1. The second-order valence-electron chi connectivity index (χ2n) is 4.54. The van der Waals surface area contributed by atoms with Crippen molar-refractivity contribution in [3.05, 3.63) is 63.9 Å². The summed E-state index contributed by atoms with van der Waals surface area (Å²) in [5.74, 6) is -0.361. The van der Waals surface area contributed by atoms with Gasteiger partial charge < -0.3 is 10.6 Å². The summed E-state index contributed by atoms with van der Waals surface area (Å²) in [4.78, 5) is 11.6. The molecular formula is C16H16BrFN2O. The second-order valence-corrected chi connectivity index (χ2v) is 5.39. The predicted octanol–water partition coefficient (Wildman–Crippen LogP) is 3.95. The Labute approximate surface area is 131 Å². The first-order valence-corrected chi connectivity index (χ1v) is 7.45. The first kappa shape index (κ1) is 15.5. The molecule has 0 aliphatic rings. The van der Waals surface area contributed by atoms with Crippen molar-refractivity contribution in [3.8, 4) is 0 Å². The van der Waals surface area contributed by atoms with Gasteiger partial charge in [0.25, 0.3) is 5.91 Å². The highest BCUT2D eigenvalue weighted by molar-refractivity contribution is 9.10. The Morgan fingerprint density at radius 1 is 1.19 bits per heavy atom. The molecule has 0 spiro atoms. The Balaban J connectivity index is 1.97. The minimum atomic E-state index is -0.277. The average molecular weight is 351 g/mol. The smallest absolute Gasteiger partial charge is 0.251 e. The lowest BCUT2D eigenvalue weighted by atomic mass is 10.1. The summed E-state index contributed by atoms with van der Waals surface area (Å²) in [6.07, 6.45) is 0. The number of anilines is 1. The predicted molar refractivity (Wildman–Crippen MR) is 85.9 cm³/mol. The summed E-state index contributed by atoms with van der Waals surface area (Å²) in [6, 6.07) is 12.2. The van der Waals surface area contributed by atoms with Crippen LogP contribution in [0.3, 0.4) is 0 Å². The van der Waals surface area contributed by atoms with Gasteiger partial charge in [-0.25, -0.2) is 4.39 Å². The molecule has 0 fully saturated rings. The summed E-state index contributed by atoms with van der Waals surface area (Å²) in [7, 11) is 0. The van der Waals surface area contributed by atoms with Gasteiger partial charge in [0.1, 0.15) is 5.82 Å². The maximum Gasteiger partial charge on any atom is 0.251 e. The van der Waals surface area contributed by atoms with Crippen molar-refractivity contribution in [2.24, 2.45) is 0 Å². The van der Waals surface area contributed by atoms with E-state index in [4.69, 9.17) is 0 Å². The standard InChI is InChI=1S/C16H16BrFN2O/c1-2-19-16(21)12-4-6-13(7-5-12)20-10-11-3-8-14(17)15(18)9-11/h3-9,20H,2,10H2,1H3,(H,19,21). The van der Waals surface area contributed by atoms with E-state index in [9.17, 15) is 9.18 Å². The lowest BCUT2D eigenvalue weighted by Gasteiger charge is -2.08. The fraction of sp³-hybridized carbons (Fsp3) is 0.188. The van der Waals surface area contributed by atoms with Crippen molar-refractivity contribution >= 4 is 27.5 Å². The molecule has 0 saturated carbocycles. The second kappa shape index (κ2) is 7.22. The number of benzene rings is 2. The monoisotopic (exact) mass is 350 g/mol. The maximum absolute atomic E-state index is 13.4. The van der Waals surface area contributed by atoms with Crippen molar-refractivity contribution in [2.75, 3.05) is 11.9 Å². The van der Waals surface area contributed by atoms with Gasteiger partial charge in [-0.15, -0.1) is 0 Å². The van der Waals surface area contributed by atoms with E-state index >= 15 is 0 Å². The highest BCUT2D eigenvalue weighted by atomic mass is 79.9. The lowest BCUT2D eigenvalue weighted by molar-refractivity contribution is 0.0956. The van der Waals surface area contributed by atoms with Gasteiger partial charge in [0.15, 0.2) is 0 Å². The molecule has 21 heavy (non-hydrogen) atoms. The number of halogens is 2. The third kappa shape index (κ3) is 4.29. The van der Waals surface area contributed by atoms with Crippen molar-refractivity contribution in [1.29, 1.82) is 0 Å². The van der Waals surface area contributed by atoms with Gasteiger partial charge in [-0.3, -0.25) is 4.79 Å². The summed E-state index contributed by atoms with van der Waals surface area (Å²) in [5, 5.41) is 5.94. The number of carbonyl (C=O) groups is 1. The van der Waals surface area contributed by atoms with Gasteiger partial charge in [0, 0.05) is 24.3 Å². The van der Waals surface area contributed by atoms with Gasteiger partial charge in [-0.1, -0.05) is 6.07 Å². The summed E-state index contributed by atoms with van der Waals surface area (Å²) in [5.41, 5.74) is 2.35. The summed E-state index contributed by atoms with van der Waals surface area (Å²) >= 11 is 3.13. The van der Waals surface area contributed by atoms with E-state index in [1.165, 1.54) is 6.07 Å². The number of amides is 1. The van der Waals surface area contributed by atoms with E-state index < -0.39 is 0 Å². The molecule has 2 aromatic rings. The zero-order valence-corrected chi connectivity index (χ0v) is 13.2. The minimum absolute atomic E-state index is 0.0842. The van der Waals surface area contributed by atoms with E-state index in [1.807, 2.05) is 25.1 Å². The van der Waals surface area contributed by atoms with Crippen LogP contribution in [0, 0.1) is 5.82 Å². The van der Waals surface area contributed by atoms with Gasteiger partial charge in [-0.05, 0) is 64.8 Å². The molecule has 2 aromatic carbocycles. The molecule has 0 atom stereocenters. The topological polar surface area (TPSA) is 41.1 Å². The number of hydrogen-bond acceptors (Lipinski definition) is 2. The van der Waals surface area contributed by atoms with Crippen molar-refractivity contribution < 1.29 is 9.18 Å². The van der Waals surface area contributed by atoms with Crippen LogP contribution in [0.25, 0.3) is 0 Å². The van der Waals surface area contributed by atoms with Gasteiger partial charge in [0.2, 0.25) is 0 Å². The van der Waals surface area contributed by atoms with Gasteiger partial charge in [0.05, 0.1) is 4.47 Å². The highest BCUT2D eigenvalue weighted by Gasteiger charge is 2.04. The van der Waals surface area contributed by atoms with Crippen LogP contribution in [-0.4, -0.2) is 12.5 Å². The largest absolute Gasteiger partial charge is 0.381 e. The Morgan fingerprint density at radius 2 is 1.90 bits per heavy atom. The molecule has 0 unspecified atom stereocenters.